The average molecular weight is 339 g/mol. The minimum absolute atomic E-state index is 0.0304. The maximum absolute atomic E-state index is 13.3. The van der Waals surface area contributed by atoms with Crippen LogP contribution < -0.4 is 10.2 Å². The van der Waals surface area contributed by atoms with Crippen LogP contribution in [0, 0.1) is 0 Å². The second kappa shape index (κ2) is 6.33. The van der Waals surface area contributed by atoms with E-state index in [0.29, 0.717) is 5.02 Å². The molecule has 0 unspecified atom stereocenters. The zero-order chi connectivity index (χ0) is 16.5. The Morgan fingerprint density at radius 3 is 2.75 bits per heavy atom. The van der Waals surface area contributed by atoms with Gasteiger partial charge in [-0.1, -0.05) is 42.3 Å². The highest BCUT2D eigenvalue weighted by Crippen LogP contribution is 2.43. The van der Waals surface area contributed by atoms with Gasteiger partial charge in [-0.2, -0.15) is 0 Å². The second-order valence-electron chi connectivity index (χ2n) is 6.23. The van der Waals surface area contributed by atoms with E-state index in [9.17, 15) is 4.79 Å². The van der Waals surface area contributed by atoms with Crippen molar-refractivity contribution in [2.75, 3.05) is 11.4 Å². The van der Waals surface area contributed by atoms with Crippen LogP contribution in [0.25, 0.3) is 5.57 Å². The van der Waals surface area contributed by atoms with Gasteiger partial charge >= 0.3 is 0 Å². The van der Waals surface area contributed by atoms with Crippen molar-refractivity contribution in [1.82, 2.24) is 5.32 Å². The van der Waals surface area contributed by atoms with E-state index in [-0.39, 0.29) is 5.91 Å². The smallest absolute Gasteiger partial charge is 0.265 e. The molecule has 122 valence electrons. The first-order chi connectivity index (χ1) is 11.8. The molecule has 1 amide bonds. The molecule has 0 radical (unpaired) electrons. The van der Waals surface area contributed by atoms with E-state index in [0.717, 1.165) is 54.0 Å². The van der Waals surface area contributed by atoms with Gasteiger partial charge in [0.25, 0.3) is 5.91 Å². The summed E-state index contributed by atoms with van der Waals surface area (Å²) in [7, 11) is 0. The van der Waals surface area contributed by atoms with Gasteiger partial charge in [-0.25, -0.2) is 0 Å². The van der Waals surface area contributed by atoms with Crippen molar-refractivity contribution in [3.05, 3.63) is 64.8 Å². The van der Waals surface area contributed by atoms with Gasteiger partial charge in [0.2, 0.25) is 0 Å². The predicted octanol–water partition coefficient (Wildman–Crippen LogP) is 4.89. The van der Waals surface area contributed by atoms with Crippen LogP contribution in [0.5, 0.6) is 0 Å². The summed E-state index contributed by atoms with van der Waals surface area (Å²) in [4.78, 5) is 15.0. The first-order valence-corrected chi connectivity index (χ1v) is 8.80. The number of carbonyl (C=O) groups is 1. The van der Waals surface area contributed by atoms with Crippen molar-refractivity contribution in [3.8, 4) is 0 Å². The van der Waals surface area contributed by atoms with Crippen LogP contribution in [0.15, 0.2) is 54.2 Å². The Bertz CT molecular complexity index is 818. The molecule has 1 saturated heterocycles. The van der Waals surface area contributed by atoms with Gasteiger partial charge in [0.05, 0.1) is 16.9 Å². The van der Waals surface area contributed by atoms with E-state index < -0.39 is 0 Å². The molecule has 2 heterocycles. The summed E-state index contributed by atoms with van der Waals surface area (Å²) in [6.07, 6.45) is 4.42. The lowest BCUT2D eigenvalue weighted by Crippen LogP contribution is -2.23. The van der Waals surface area contributed by atoms with Gasteiger partial charge in [-0.15, -0.1) is 0 Å². The highest BCUT2D eigenvalue weighted by Gasteiger charge is 2.35. The fourth-order valence-electron chi connectivity index (χ4n) is 3.52. The van der Waals surface area contributed by atoms with Gasteiger partial charge in [-0.3, -0.25) is 9.69 Å². The average Bonchev–Trinajstić information content (AvgIpc) is 2.74. The van der Waals surface area contributed by atoms with Crippen LogP contribution in [-0.4, -0.2) is 12.5 Å². The number of nitrogens with zero attached hydrogens (tertiary/aromatic N) is 1. The second-order valence-corrected chi connectivity index (χ2v) is 6.67. The van der Waals surface area contributed by atoms with Gasteiger partial charge in [0, 0.05) is 22.8 Å². The van der Waals surface area contributed by atoms with Crippen molar-refractivity contribution in [3.63, 3.8) is 0 Å². The summed E-state index contributed by atoms with van der Waals surface area (Å²) in [5, 5.41) is 4.12. The molecule has 2 aliphatic heterocycles. The topological polar surface area (TPSA) is 32.3 Å². The molecule has 0 atom stereocenters. The lowest BCUT2D eigenvalue weighted by Gasteiger charge is -2.17. The van der Waals surface area contributed by atoms with E-state index in [1.54, 1.807) is 4.90 Å². The summed E-state index contributed by atoms with van der Waals surface area (Å²) in [6, 6.07) is 15.5. The molecule has 0 aliphatic carbocycles. The van der Waals surface area contributed by atoms with Crippen LogP contribution in [0.2, 0.25) is 5.02 Å². The number of para-hydroxylation sites is 1. The van der Waals surface area contributed by atoms with Crippen LogP contribution in [-0.2, 0) is 4.79 Å². The minimum atomic E-state index is 0.0304. The molecular formula is C20H19ClN2O. The van der Waals surface area contributed by atoms with E-state index in [4.69, 9.17) is 11.6 Å². The Morgan fingerprint density at radius 1 is 1.00 bits per heavy atom. The van der Waals surface area contributed by atoms with Crippen molar-refractivity contribution >= 4 is 34.5 Å². The molecule has 0 aromatic heterocycles. The molecule has 1 fully saturated rings. The lowest BCUT2D eigenvalue weighted by molar-refractivity contribution is -0.112. The van der Waals surface area contributed by atoms with Crippen LogP contribution >= 0.6 is 11.6 Å². The highest BCUT2D eigenvalue weighted by atomic mass is 35.5. The van der Waals surface area contributed by atoms with Crippen molar-refractivity contribution in [2.24, 2.45) is 0 Å². The van der Waals surface area contributed by atoms with Crippen LogP contribution in [0.1, 0.15) is 31.2 Å². The zero-order valence-corrected chi connectivity index (χ0v) is 14.1. The normalized spacial score (nSPS) is 20.5. The molecule has 4 rings (SSSR count). The molecule has 24 heavy (non-hydrogen) atoms. The number of fused-ring (bicyclic) bond motifs is 1. The van der Waals surface area contributed by atoms with E-state index in [1.165, 1.54) is 6.42 Å². The van der Waals surface area contributed by atoms with Gasteiger partial charge in [-0.05, 0) is 43.5 Å². The first-order valence-electron chi connectivity index (χ1n) is 8.42. The minimum Gasteiger partial charge on any atom is -0.388 e. The van der Waals surface area contributed by atoms with Crippen LogP contribution in [0.3, 0.4) is 0 Å². The summed E-state index contributed by atoms with van der Waals surface area (Å²) in [5.74, 6) is 0.0304. The maximum atomic E-state index is 13.3. The number of hydrogen-bond acceptors (Lipinski definition) is 2. The third kappa shape index (κ3) is 2.59. The van der Waals surface area contributed by atoms with Gasteiger partial charge in [0.1, 0.15) is 0 Å². The molecule has 2 aliphatic rings. The zero-order valence-electron chi connectivity index (χ0n) is 13.4. The number of amides is 1. The van der Waals surface area contributed by atoms with Crippen molar-refractivity contribution < 1.29 is 4.79 Å². The maximum Gasteiger partial charge on any atom is 0.265 e. The number of carbonyl (C=O) groups excluding carboxylic acids is 1. The van der Waals surface area contributed by atoms with Crippen molar-refractivity contribution in [1.29, 1.82) is 0 Å². The largest absolute Gasteiger partial charge is 0.388 e. The molecule has 0 saturated carbocycles. The molecular weight excluding hydrogens is 320 g/mol. The Kier molecular flexibility index (Phi) is 4.03. The Labute approximate surface area is 146 Å². The summed E-state index contributed by atoms with van der Waals surface area (Å²) in [6.45, 7) is 0.936. The lowest BCUT2D eigenvalue weighted by atomic mass is 10.0. The molecule has 3 nitrogen and oxygen atoms in total. The summed E-state index contributed by atoms with van der Waals surface area (Å²) >= 11 is 6.14. The Balaban J connectivity index is 1.87. The SMILES string of the molecule is O=C1C(=C2CCCCCN2)c2ccccc2N1c1cccc(Cl)c1. The highest BCUT2D eigenvalue weighted by molar-refractivity contribution is 6.36. The Hall–Kier alpha value is -2.26. The van der Waals surface area contributed by atoms with E-state index in [2.05, 4.69) is 5.32 Å². The quantitative estimate of drug-likeness (QED) is 0.750. The molecule has 4 heteroatoms. The van der Waals surface area contributed by atoms with Crippen LogP contribution in [0.4, 0.5) is 11.4 Å². The first kappa shape index (κ1) is 15.3. The standard InChI is InChI=1S/C20H19ClN2O/c21-14-7-6-8-15(13-14)23-18-11-4-3-9-16(18)19(20(23)24)17-10-2-1-5-12-22-17/h3-4,6-9,11,13,22H,1-2,5,10,12H2. The number of halogens is 1. The number of anilines is 2. The molecule has 2 aromatic carbocycles. The van der Waals surface area contributed by atoms with Gasteiger partial charge < -0.3 is 5.32 Å². The summed E-state index contributed by atoms with van der Waals surface area (Å²) in [5.41, 5.74) is 4.64. The van der Waals surface area contributed by atoms with Crippen molar-refractivity contribution in [2.45, 2.75) is 25.7 Å². The number of hydrogen-bond donors (Lipinski definition) is 1. The molecule has 2 aromatic rings. The van der Waals surface area contributed by atoms with Gasteiger partial charge in [0.15, 0.2) is 0 Å². The Morgan fingerprint density at radius 2 is 1.88 bits per heavy atom. The fraction of sp³-hybridized carbons (Fsp3) is 0.250. The number of benzene rings is 2. The predicted molar refractivity (Wildman–Crippen MR) is 98.4 cm³/mol. The monoisotopic (exact) mass is 338 g/mol. The molecule has 1 N–H and O–H groups in total. The number of nitrogens with one attached hydrogen (secondary N) is 1. The molecule has 0 spiro atoms. The fourth-order valence-corrected chi connectivity index (χ4v) is 3.71. The number of allylic oxidation sites excluding steroid dienone is 1. The molecule has 0 bridgehead atoms. The summed E-state index contributed by atoms with van der Waals surface area (Å²) < 4.78 is 0. The van der Waals surface area contributed by atoms with E-state index >= 15 is 0 Å². The third-order valence-corrected chi connectivity index (χ3v) is 4.88. The third-order valence-electron chi connectivity index (χ3n) is 4.64. The number of rotatable bonds is 1. The van der Waals surface area contributed by atoms with E-state index in [1.807, 2.05) is 48.5 Å².